The maximum Gasteiger partial charge on any atom is 0.295 e. The molecule has 0 aromatic carbocycles. The van der Waals surface area contributed by atoms with Crippen molar-refractivity contribution in [3.05, 3.63) is 0 Å². The molecule has 0 spiro atoms. The Bertz CT molecular complexity index is 82.9. The molecule has 0 aromatic rings. The van der Waals surface area contributed by atoms with E-state index in [2.05, 4.69) is 4.74 Å². The monoisotopic (exact) mass is 146 g/mol. The molecule has 0 saturated heterocycles. The summed E-state index contributed by atoms with van der Waals surface area (Å²) < 4.78 is 9.72. The van der Waals surface area contributed by atoms with Crippen molar-refractivity contribution in [2.45, 2.75) is 33.0 Å². The summed E-state index contributed by atoms with van der Waals surface area (Å²) in [7, 11) is 0. The van der Waals surface area contributed by atoms with Crippen LogP contribution in [0.4, 0.5) is 0 Å². The van der Waals surface area contributed by atoms with Crippen LogP contribution in [0, 0.1) is 0 Å². The first-order chi connectivity index (χ1) is 4.85. The van der Waals surface area contributed by atoms with Crippen LogP contribution in [0.2, 0.25) is 0 Å². The predicted molar refractivity (Wildman–Crippen MR) is 37.5 cm³/mol. The Balaban J connectivity index is 3.29. The Morgan fingerprint density at radius 2 is 2.20 bits per heavy atom. The van der Waals surface area contributed by atoms with Crippen molar-refractivity contribution in [1.29, 1.82) is 0 Å². The topological polar surface area (TPSA) is 35.5 Å². The highest BCUT2D eigenvalue weighted by atomic mass is 16.7. The molecular weight excluding hydrogens is 132 g/mol. The average Bonchev–Trinajstić information content (AvgIpc) is 1.98. The van der Waals surface area contributed by atoms with Crippen LogP contribution in [0.5, 0.6) is 0 Å². The van der Waals surface area contributed by atoms with Crippen LogP contribution in [-0.2, 0) is 14.3 Å². The Morgan fingerprint density at radius 1 is 1.50 bits per heavy atom. The van der Waals surface area contributed by atoms with Gasteiger partial charge >= 0.3 is 0 Å². The van der Waals surface area contributed by atoms with E-state index in [0.717, 1.165) is 6.42 Å². The highest BCUT2D eigenvalue weighted by Crippen LogP contribution is 1.98. The van der Waals surface area contributed by atoms with Gasteiger partial charge in [-0.1, -0.05) is 13.8 Å². The average molecular weight is 146 g/mol. The van der Waals surface area contributed by atoms with Crippen molar-refractivity contribution < 1.29 is 14.3 Å². The van der Waals surface area contributed by atoms with Gasteiger partial charge in [0.05, 0.1) is 6.61 Å². The van der Waals surface area contributed by atoms with E-state index in [1.165, 1.54) is 0 Å². The van der Waals surface area contributed by atoms with Gasteiger partial charge in [0.15, 0.2) is 0 Å². The molecule has 0 aliphatic rings. The van der Waals surface area contributed by atoms with Gasteiger partial charge in [-0.15, -0.1) is 0 Å². The van der Waals surface area contributed by atoms with Gasteiger partial charge in [0.1, 0.15) is 0 Å². The Labute approximate surface area is 61.3 Å². The molecule has 0 rings (SSSR count). The molecule has 0 heterocycles. The predicted octanol–water partition coefficient (Wildman–Crippen LogP) is 1.32. The number of ether oxygens (including phenoxy) is 2. The second-order valence-corrected chi connectivity index (χ2v) is 1.94. The summed E-state index contributed by atoms with van der Waals surface area (Å²) in [4.78, 5) is 9.84. The van der Waals surface area contributed by atoms with Crippen LogP contribution in [0.25, 0.3) is 0 Å². The number of hydrogen-bond donors (Lipinski definition) is 0. The molecule has 0 bridgehead atoms. The fourth-order valence-corrected chi connectivity index (χ4v) is 0.565. The van der Waals surface area contributed by atoms with Gasteiger partial charge in [-0.3, -0.25) is 4.79 Å². The zero-order valence-electron chi connectivity index (χ0n) is 6.50. The van der Waals surface area contributed by atoms with Crippen molar-refractivity contribution in [1.82, 2.24) is 0 Å². The summed E-state index contributed by atoms with van der Waals surface area (Å²) in [5, 5.41) is 0. The van der Waals surface area contributed by atoms with Crippen LogP contribution in [0.1, 0.15) is 26.7 Å². The van der Waals surface area contributed by atoms with Crippen LogP contribution in [-0.4, -0.2) is 19.4 Å². The summed E-state index contributed by atoms with van der Waals surface area (Å²) in [6, 6.07) is 0. The molecular formula is C7H14O3. The number of carbonyl (C=O) groups is 1. The lowest BCUT2D eigenvalue weighted by atomic mass is 10.4. The van der Waals surface area contributed by atoms with E-state index in [1.54, 1.807) is 0 Å². The molecule has 1 unspecified atom stereocenters. The molecule has 0 radical (unpaired) electrons. The van der Waals surface area contributed by atoms with Gasteiger partial charge in [-0.25, -0.2) is 0 Å². The first kappa shape index (κ1) is 9.43. The number of rotatable bonds is 6. The van der Waals surface area contributed by atoms with Crippen LogP contribution < -0.4 is 0 Å². The van der Waals surface area contributed by atoms with Gasteiger partial charge in [-0.2, -0.15) is 0 Å². The summed E-state index contributed by atoms with van der Waals surface area (Å²) in [6.45, 7) is 4.98. The maximum absolute atomic E-state index is 9.84. The van der Waals surface area contributed by atoms with Gasteiger partial charge in [0, 0.05) is 6.42 Å². The largest absolute Gasteiger partial charge is 0.438 e. The van der Waals surface area contributed by atoms with E-state index in [9.17, 15) is 4.79 Å². The zero-order valence-corrected chi connectivity index (χ0v) is 6.50. The molecule has 0 aromatic heterocycles. The molecule has 0 saturated carbocycles. The van der Waals surface area contributed by atoms with Gasteiger partial charge in [0.25, 0.3) is 6.47 Å². The summed E-state index contributed by atoms with van der Waals surface area (Å²) in [6.07, 6.45) is 1.30. The minimum absolute atomic E-state index is 0.350. The molecule has 3 heteroatoms. The Morgan fingerprint density at radius 3 is 2.60 bits per heavy atom. The third kappa shape index (κ3) is 4.32. The van der Waals surface area contributed by atoms with Crippen LogP contribution in [0.15, 0.2) is 0 Å². The number of carbonyl (C=O) groups excluding carboxylic acids is 1. The summed E-state index contributed by atoms with van der Waals surface area (Å²) >= 11 is 0. The third-order valence-corrected chi connectivity index (χ3v) is 1.05. The van der Waals surface area contributed by atoms with Gasteiger partial charge < -0.3 is 9.47 Å². The van der Waals surface area contributed by atoms with E-state index < -0.39 is 0 Å². The lowest BCUT2D eigenvalue weighted by Crippen LogP contribution is -2.15. The molecule has 0 fully saturated rings. The molecule has 0 amide bonds. The van der Waals surface area contributed by atoms with E-state index >= 15 is 0 Å². The second-order valence-electron chi connectivity index (χ2n) is 1.94. The van der Waals surface area contributed by atoms with E-state index in [4.69, 9.17) is 4.74 Å². The normalized spacial score (nSPS) is 12.6. The third-order valence-electron chi connectivity index (χ3n) is 1.05. The smallest absolute Gasteiger partial charge is 0.295 e. The fraction of sp³-hybridized carbons (Fsp3) is 0.857. The maximum atomic E-state index is 9.84. The van der Waals surface area contributed by atoms with Gasteiger partial charge in [0.2, 0.25) is 6.29 Å². The minimum Gasteiger partial charge on any atom is -0.438 e. The van der Waals surface area contributed by atoms with Gasteiger partial charge in [-0.05, 0) is 6.42 Å². The van der Waals surface area contributed by atoms with E-state index in [0.29, 0.717) is 19.5 Å². The molecule has 3 nitrogen and oxygen atoms in total. The Hall–Kier alpha value is -0.570. The molecule has 0 aliphatic carbocycles. The quantitative estimate of drug-likeness (QED) is 0.419. The van der Waals surface area contributed by atoms with Crippen molar-refractivity contribution in [3.8, 4) is 0 Å². The van der Waals surface area contributed by atoms with Crippen molar-refractivity contribution >= 4 is 6.47 Å². The fourth-order valence-electron chi connectivity index (χ4n) is 0.565. The van der Waals surface area contributed by atoms with E-state index in [-0.39, 0.29) is 6.29 Å². The first-order valence-electron chi connectivity index (χ1n) is 3.55. The Kier molecular flexibility index (Phi) is 6.18. The molecule has 1 atom stereocenters. The molecule has 10 heavy (non-hydrogen) atoms. The van der Waals surface area contributed by atoms with E-state index in [1.807, 2.05) is 13.8 Å². The SMILES string of the molecule is CCCOC(CC)OC=O. The summed E-state index contributed by atoms with van der Waals surface area (Å²) in [5.41, 5.74) is 0. The van der Waals surface area contributed by atoms with Crippen molar-refractivity contribution in [2.24, 2.45) is 0 Å². The highest BCUT2D eigenvalue weighted by Gasteiger charge is 2.03. The lowest BCUT2D eigenvalue weighted by molar-refractivity contribution is -0.164. The highest BCUT2D eigenvalue weighted by molar-refractivity contribution is 5.37. The lowest BCUT2D eigenvalue weighted by Gasteiger charge is -2.12. The van der Waals surface area contributed by atoms with Crippen LogP contribution in [0.3, 0.4) is 0 Å². The zero-order chi connectivity index (χ0) is 7.82. The second kappa shape index (κ2) is 6.55. The molecule has 0 aliphatic heterocycles. The summed E-state index contributed by atoms with van der Waals surface area (Å²) in [5.74, 6) is 0. The minimum atomic E-state index is -0.350. The van der Waals surface area contributed by atoms with Crippen molar-refractivity contribution in [2.75, 3.05) is 6.61 Å². The van der Waals surface area contributed by atoms with Crippen LogP contribution >= 0.6 is 0 Å². The standard InChI is InChI=1S/C7H14O3/c1-3-5-9-7(4-2)10-6-8/h6-7H,3-5H2,1-2H3. The molecule has 0 N–H and O–H groups in total. The first-order valence-corrected chi connectivity index (χ1v) is 3.55. The number of hydrogen-bond acceptors (Lipinski definition) is 3. The molecule has 60 valence electrons. The van der Waals surface area contributed by atoms with Crippen molar-refractivity contribution in [3.63, 3.8) is 0 Å².